The molecule has 0 unspecified atom stereocenters. The van der Waals surface area contributed by atoms with Gasteiger partial charge in [-0.2, -0.15) is 0 Å². The normalized spacial score (nSPS) is 22.8. The summed E-state index contributed by atoms with van der Waals surface area (Å²) in [5, 5.41) is 3.19. The number of methoxy groups -OCH3 is 1. The molecule has 5 rings (SSSR count). The van der Waals surface area contributed by atoms with E-state index in [2.05, 4.69) is 40.2 Å². The van der Waals surface area contributed by atoms with E-state index in [1.807, 2.05) is 29.2 Å². The molecular weight excluding hydrogens is 414 g/mol. The maximum absolute atomic E-state index is 13.4. The lowest BCUT2D eigenvalue weighted by Crippen LogP contribution is -2.57. The van der Waals surface area contributed by atoms with Crippen LogP contribution in [-0.4, -0.2) is 53.1 Å². The minimum absolute atomic E-state index is 0.0753. The van der Waals surface area contributed by atoms with Crippen LogP contribution < -0.4 is 15.0 Å². The Bertz CT molecular complexity index is 1020. The molecule has 3 fully saturated rings. The molecule has 3 heterocycles. The van der Waals surface area contributed by atoms with Crippen molar-refractivity contribution in [2.24, 2.45) is 12.0 Å². The van der Waals surface area contributed by atoms with Crippen molar-refractivity contribution in [1.29, 1.82) is 0 Å². The smallest absolute Gasteiger partial charge is 0.328 e. The minimum atomic E-state index is -0.425. The first-order chi connectivity index (χ1) is 16.1. The molecular formula is C26H35N5O2. The highest BCUT2D eigenvalue weighted by Crippen LogP contribution is 2.39. The Morgan fingerprint density at radius 1 is 1.12 bits per heavy atom. The molecule has 2 amide bonds. The van der Waals surface area contributed by atoms with Gasteiger partial charge >= 0.3 is 6.03 Å². The van der Waals surface area contributed by atoms with Crippen molar-refractivity contribution in [3.63, 3.8) is 0 Å². The maximum Gasteiger partial charge on any atom is 0.328 e. The number of amides is 2. The number of hydrogen-bond acceptors (Lipinski definition) is 4. The summed E-state index contributed by atoms with van der Waals surface area (Å²) in [6.45, 7) is 2.77. The molecule has 2 aliphatic heterocycles. The zero-order valence-electron chi connectivity index (χ0n) is 19.8. The second-order valence-corrected chi connectivity index (χ2v) is 9.65. The number of aryl methyl sites for hydroxylation is 1. The largest absolute Gasteiger partial charge is 0.497 e. The van der Waals surface area contributed by atoms with Crippen molar-refractivity contribution in [2.45, 2.75) is 63.1 Å². The van der Waals surface area contributed by atoms with Gasteiger partial charge in [0.05, 0.1) is 18.8 Å². The number of likely N-dealkylation sites (tertiary alicyclic amines) is 1. The highest BCUT2D eigenvalue weighted by atomic mass is 16.5. The first kappa shape index (κ1) is 22.0. The van der Waals surface area contributed by atoms with Crippen molar-refractivity contribution in [1.82, 2.24) is 14.8 Å². The summed E-state index contributed by atoms with van der Waals surface area (Å²) in [5.74, 6) is 1.63. The zero-order valence-corrected chi connectivity index (χ0v) is 19.8. The molecule has 0 radical (unpaired) electrons. The average Bonchev–Trinajstić information content (AvgIpc) is 3.36. The molecule has 0 atom stereocenters. The number of carbonyl (C=O) groups excluding carboxylic acids is 1. The van der Waals surface area contributed by atoms with E-state index in [9.17, 15) is 4.79 Å². The number of benzene rings is 1. The van der Waals surface area contributed by atoms with Gasteiger partial charge in [0.2, 0.25) is 0 Å². The summed E-state index contributed by atoms with van der Waals surface area (Å²) in [4.78, 5) is 23.0. The second-order valence-electron chi connectivity index (χ2n) is 9.65. The number of nitrogens with zero attached hydrogens (tertiary/aromatic N) is 4. The first-order valence-corrected chi connectivity index (χ1v) is 12.3. The van der Waals surface area contributed by atoms with Gasteiger partial charge in [-0.15, -0.1) is 0 Å². The van der Waals surface area contributed by atoms with Crippen LogP contribution in [0.15, 0.2) is 47.6 Å². The van der Waals surface area contributed by atoms with Crippen molar-refractivity contribution < 1.29 is 9.53 Å². The number of rotatable bonds is 5. The molecule has 2 saturated heterocycles. The predicted octanol–water partition coefficient (Wildman–Crippen LogP) is 4.33. The van der Waals surface area contributed by atoms with E-state index in [1.165, 1.54) is 25.0 Å². The van der Waals surface area contributed by atoms with Crippen LogP contribution in [0.25, 0.3) is 0 Å². The van der Waals surface area contributed by atoms with Crippen LogP contribution in [0, 0.1) is 0 Å². The number of ether oxygens (including phenoxy) is 1. The Hall–Kier alpha value is -2.80. The van der Waals surface area contributed by atoms with Crippen LogP contribution in [-0.2, 0) is 13.6 Å². The first-order valence-electron chi connectivity index (χ1n) is 12.3. The lowest BCUT2D eigenvalue weighted by atomic mass is 9.84. The Labute approximate surface area is 196 Å². The average molecular weight is 450 g/mol. The Morgan fingerprint density at radius 2 is 1.91 bits per heavy atom. The van der Waals surface area contributed by atoms with E-state index >= 15 is 0 Å². The van der Waals surface area contributed by atoms with Crippen LogP contribution in [0.3, 0.4) is 0 Å². The van der Waals surface area contributed by atoms with Gasteiger partial charge in [0.15, 0.2) is 0 Å². The van der Waals surface area contributed by atoms with Crippen LogP contribution in [0.4, 0.5) is 10.5 Å². The summed E-state index contributed by atoms with van der Waals surface area (Å²) in [7, 11) is 3.76. The molecule has 1 N–H and O–H groups in total. The van der Waals surface area contributed by atoms with Crippen LogP contribution in [0.5, 0.6) is 5.75 Å². The number of aliphatic imine (C=N–C) groups is 1. The summed E-state index contributed by atoms with van der Waals surface area (Å²) in [6.07, 6.45) is 9.81. The third-order valence-corrected chi connectivity index (χ3v) is 7.62. The number of nitrogens with one attached hydrogen (secondary N) is 1. The quantitative estimate of drug-likeness (QED) is 0.739. The molecule has 1 spiro atoms. The van der Waals surface area contributed by atoms with E-state index in [-0.39, 0.29) is 6.03 Å². The van der Waals surface area contributed by atoms with Gasteiger partial charge in [-0.05, 0) is 49.9 Å². The van der Waals surface area contributed by atoms with Crippen LogP contribution >= 0.6 is 0 Å². The highest BCUT2D eigenvalue weighted by Gasteiger charge is 2.53. The van der Waals surface area contributed by atoms with Gasteiger partial charge in [-0.1, -0.05) is 25.3 Å². The molecule has 2 aromatic rings. The van der Waals surface area contributed by atoms with Gasteiger partial charge in [-0.25, -0.2) is 4.79 Å². The summed E-state index contributed by atoms with van der Waals surface area (Å²) in [6, 6.07) is 12.4. The van der Waals surface area contributed by atoms with Crippen molar-refractivity contribution in [2.75, 3.05) is 25.1 Å². The fourth-order valence-corrected chi connectivity index (χ4v) is 5.66. The maximum atomic E-state index is 13.4. The number of amidine groups is 1. The minimum Gasteiger partial charge on any atom is -0.497 e. The van der Waals surface area contributed by atoms with E-state index in [0.29, 0.717) is 6.04 Å². The lowest BCUT2D eigenvalue weighted by molar-refractivity contribution is 0.181. The standard InChI is InChI=1S/C26H35N5O2/c1-29-15-7-11-22(29)19-30-16-13-26(14-17-30)24(27-20-8-4-3-5-9-20)28-25(32)31(26)21-10-6-12-23(18-21)33-2/h6-7,10-12,15,18,20H,3-5,8-9,13-14,16-17,19H2,1-2H3,(H,27,28,32). The third kappa shape index (κ3) is 4.26. The second kappa shape index (κ2) is 9.21. The topological polar surface area (TPSA) is 62.1 Å². The molecule has 3 aliphatic rings. The number of carbonyl (C=O) groups is 1. The highest BCUT2D eigenvalue weighted by molar-refractivity contribution is 6.19. The van der Waals surface area contributed by atoms with E-state index in [4.69, 9.17) is 9.73 Å². The van der Waals surface area contributed by atoms with E-state index in [1.54, 1.807) is 7.11 Å². The summed E-state index contributed by atoms with van der Waals surface area (Å²) < 4.78 is 7.65. The SMILES string of the molecule is COc1cccc(N2C(=O)NC(=NC3CCCCC3)C23CCN(Cc2cccn2C)CC3)c1. The molecule has 176 valence electrons. The molecule has 1 saturated carbocycles. The molecule has 1 aromatic heterocycles. The number of urea groups is 1. The number of aromatic nitrogens is 1. The van der Waals surface area contributed by atoms with Crippen molar-refractivity contribution >= 4 is 17.6 Å². The van der Waals surface area contributed by atoms with Crippen molar-refractivity contribution in [3.8, 4) is 5.75 Å². The van der Waals surface area contributed by atoms with Gasteiger partial charge in [0, 0.05) is 44.6 Å². The monoisotopic (exact) mass is 449 g/mol. The Kier molecular flexibility index (Phi) is 6.15. The van der Waals surface area contributed by atoms with Crippen LogP contribution in [0.1, 0.15) is 50.6 Å². The van der Waals surface area contributed by atoms with Gasteiger partial charge in [0.1, 0.15) is 17.1 Å². The van der Waals surface area contributed by atoms with Gasteiger partial charge in [-0.3, -0.25) is 20.1 Å². The number of piperidine rings is 1. The fraction of sp³-hybridized carbons (Fsp3) is 0.538. The molecule has 33 heavy (non-hydrogen) atoms. The van der Waals surface area contributed by atoms with Crippen molar-refractivity contribution in [3.05, 3.63) is 48.3 Å². The molecule has 7 nitrogen and oxygen atoms in total. The molecule has 7 heteroatoms. The predicted molar refractivity (Wildman–Crippen MR) is 131 cm³/mol. The van der Waals surface area contributed by atoms with Gasteiger partial charge < -0.3 is 9.30 Å². The summed E-state index contributed by atoms with van der Waals surface area (Å²) >= 11 is 0. The lowest BCUT2D eigenvalue weighted by Gasteiger charge is -2.44. The van der Waals surface area contributed by atoms with E-state index < -0.39 is 5.54 Å². The number of hydrogen-bond donors (Lipinski definition) is 1. The summed E-state index contributed by atoms with van der Waals surface area (Å²) in [5.41, 5.74) is 1.76. The number of anilines is 1. The fourth-order valence-electron chi connectivity index (χ4n) is 5.66. The molecule has 0 bridgehead atoms. The Balaban J connectivity index is 1.45. The third-order valence-electron chi connectivity index (χ3n) is 7.62. The zero-order chi connectivity index (χ0) is 22.8. The molecule has 1 aromatic carbocycles. The van der Waals surface area contributed by atoms with E-state index in [0.717, 1.165) is 62.6 Å². The van der Waals surface area contributed by atoms with Crippen LogP contribution in [0.2, 0.25) is 0 Å². The molecule has 1 aliphatic carbocycles. The Morgan fingerprint density at radius 3 is 2.61 bits per heavy atom. The van der Waals surface area contributed by atoms with Gasteiger partial charge in [0.25, 0.3) is 0 Å².